The molecule has 2 N–H and O–H groups in total. The van der Waals surface area contributed by atoms with E-state index in [0.29, 0.717) is 0 Å². The van der Waals surface area contributed by atoms with E-state index in [1.54, 1.807) is 0 Å². The van der Waals surface area contributed by atoms with Gasteiger partial charge in [-0.05, 0) is 18.5 Å². The van der Waals surface area contributed by atoms with Crippen LogP contribution in [0, 0.1) is 6.85 Å². The average Bonchev–Trinajstić information content (AvgIpc) is 2.53. The third kappa shape index (κ3) is 1.48. The molecule has 5 nitrogen and oxygen atoms in total. The third-order valence-electron chi connectivity index (χ3n) is 1.33. The summed E-state index contributed by atoms with van der Waals surface area (Å²) in [5, 5.41) is 3.64. The van der Waals surface area contributed by atoms with Gasteiger partial charge in [-0.15, -0.1) is 0 Å². The second kappa shape index (κ2) is 2.85. The normalized spacial score (nSPS) is 16.8. The fraction of sp³-hybridized carbons (Fsp3) is 0.125. The van der Waals surface area contributed by atoms with Crippen LogP contribution in [0.3, 0.4) is 0 Å². The van der Waals surface area contributed by atoms with E-state index in [-0.39, 0.29) is 11.8 Å². The van der Waals surface area contributed by atoms with Crippen LogP contribution in [0.1, 0.15) is 12.4 Å². The predicted molar refractivity (Wildman–Crippen MR) is 48.3 cm³/mol. The molecule has 0 aliphatic heterocycles. The van der Waals surface area contributed by atoms with Crippen molar-refractivity contribution >= 4 is 5.82 Å². The minimum absolute atomic E-state index is 0.0380. The van der Waals surface area contributed by atoms with Crippen molar-refractivity contribution in [2.45, 2.75) is 6.85 Å². The molecular formula is C8H9N5. The van der Waals surface area contributed by atoms with Gasteiger partial charge in [0.2, 0.25) is 0 Å². The highest BCUT2D eigenvalue weighted by atomic mass is 15.3. The largest absolute Gasteiger partial charge is 0.384 e. The highest BCUT2D eigenvalue weighted by molar-refractivity contribution is 5.29. The number of nitrogen functional groups attached to an aromatic ring is 1. The van der Waals surface area contributed by atoms with Crippen LogP contribution in [-0.2, 0) is 0 Å². The molecule has 13 heavy (non-hydrogen) atoms. The van der Waals surface area contributed by atoms with E-state index in [1.807, 2.05) is 0 Å². The molecule has 66 valence electrons. The SMILES string of the molecule is [2H]c1nn(-c2nccc(N)n2)c([2H])c1C([2H])([2H])[2H]. The quantitative estimate of drug-likeness (QED) is 0.695. The number of nitrogens with two attached hydrogens (primary N) is 1. The Morgan fingerprint density at radius 2 is 2.62 bits per heavy atom. The molecule has 2 heterocycles. The van der Waals surface area contributed by atoms with Gasteiger partial charge in [0.15, 0.2) is 0 Å². The van der Waals surface area contributed by atoms with E-state index < -0.39 is 24.8 Å². The average molecular weight is 180 g/mol. The van der Waals surface area contributed by atoms with Crippen LogP contribution in [0.25, 0.3) is 5.95 Å². The minimum atomic E-state index is -2.58. The summed E-state index contributed by atoms with van der Waals surface area (Å²) < 4.78 is 37.8. The summed E-state index contributed by atoms with van der Waals surface area (Å²) in [5.41, 5.74) is 5.03. The second-order valence-electron chi connectivity index (χ2n) is 2.29. The Labute approximate surface area is 82.3 Å². The summed E-state index contributed by atoms with van der Waals surface area (Å²) in [6.45, 7) is -2.58. The van der Waals surface area contributed by atoms with Crippen LogP contribution in [-0.4, -0.2) is 19.7 Å². The maximum Gasteiger partial charge on any atom is 0.252 e. The monoisotopic (exact) mass is 180 g/mol. The van der Waals surface area contributed by atoms with Crippen LogP contribution in [0.5, 0.6) is 0 Å². The summed E-state index contributed by atoms with van der Waals surface area (Å²) in [7, 11) is 0. The highest BCUT2D eigenvalue weighted by Gasteiger charge is 2.00. The molecule has 2 rings (SSSR count). The summed E-state index contributed by atoms with van der Waals surface area (Å²) in [4.78, 5) is 7.65. The topological polar surface area (TPSA) is 69.6 Å². The molecule has 0 bridgehead atoms. The van der Waals surface area contributed by atoms with Crippen molar-refractivity contribution in [3.05, 3.63) is 30.2 Å². The lowest BCUT2D eigenvalue weighted by Gasteiger charge is -1.98. The molecule has 5 heteroatoms. The van der Waals surface area contributed by atoms with Gasteiger partial charge in [-0.1, -0.05) is 0 Å². The van der Waals surface area contributed by atoms with Gasteiger partial charge in [0.25, 0.3) is 5.95 Å². The second-order valence-corrected chi connectivity index (χ2v) is 2.29. The van der Waals surface area contributed by atoms with Gasteiger partial charge in [-0.25, -0.2) is 9.67 Å². The molecule has 0 saturated heterocycles. The van der Waals surface area contributed by atoms with Crippen molar-refractivity contribution in [2.24, 2.45) is 0 Å². The van der Waals surface area contributed by atoms with Crippen LogP contribution < -0.4 is 5.73 Å². The fourth-order valence-corrected chi connectivity index (χ4v) is 0.815. The number of hydrogen-bond acceptors (Lipinski definition) is 4. The lowest BCUT2D eigenvalue weighted by atomic mass is 10.4. The standard InChI is InChI=1S/C8H9N5/c1-6-4-11-13(5-6)8-10-3-2-7(9)12-8/h2-5H,1H3,(H2,9,10,12)/i1D3,4D,5D. The molecule has 0 radical (unpaired) electrons. The molecule has 0 atom stereocenters. The van der Waals surface area contributed by atoms with E-state index in [0.717, 1.165) is 4.68 Å². The molecule has 0 fully saturated rings. The molecule has 2 aromatic heterocycles. The fourth-order valence-electron chi connectivity index (χ4n) is 0.815. The summed E-state index contributed by atoms with van der Waals surface area (Å²) in [6.07, 6.45) is 0.425. The summed E-state index contributed by atoms with van der Waals surface area (Å²) in [5.74, 6) is 0.126. The summed E-state index contributed by atoms with van der Waals surface area (Å²) >= 11 is 0. The van der Waals surface area contributed by atoms with Gasteiger partial charge < -0.3 is 5.73 Å². The zero-order chi connectivity index (χ0) is 13.5. The van der Waals surface area contributed by atoms with Crippen molar-refractivity contribution in [2.75, 3.05) is 5.73 Å². The van der Waals surface area contributed by atoms with Crippen molar-refractivity contribution in [3.63, 3.8) is 0 Å². The van der Waals surface area contributed by atoms with Crippen LogP contribution in [0.2, 0.25) is 0 Å². The van der Waals surface area contributed by atoms with Crippen molar-refractivity contribution in [1.29, 1.82) is 0 Å². The molecule has 0 unspecified atom stereocenters. The Kier molecular flexibility index (Phi) is 0.849. The maximum absolute atomic E-state index is 7.73. The van der Waals surface area contributed by atoms with Crippen molar-refractivity contribution < 1.29 is 6.85 Å². The number of nitrogens with zero attached hydrogens (tertiary/aromatic N) is 4. The zero-order valence-electron chi connectivity index (χ0n) is 11.5. The van der Waals surface area contributed by atoms with Crippen LogP contribution in [0.4, 0.5) is 5.82 Å². The van der Waals surface area contributed by atoms with Gasteiger partial charge in [0.05, 0.1) is 8.91 Å². The molecule has 0 spiro atoms. The Morgan fingerprint density at radius 1 is 1.69 bits per heavy atom. The first-order valence-electron chi connectivity index (χ1n) is 5.96. The lowest BCUT2D eigenvalue weighted by molar-refractivity contribution is 0.810. The Bertz CT molecular complexity index is 590. The molecule has 0 amide bonds. The zero-order valence-corrected chi connectivity index (χ0v) is 6.52. The first kappa shape index (κ1) is 3.87. The summed E-state index contributed by atoms with van der Waals surface area (Å²) in [6, 6.07) is 1.45. The molecular weight excluding hydrogens is 166 g/mol. The first-order chi connectivity index (χ1) is 8.30. The van der Waals surface area contributed by atoms with Crippen molar-refractivity contribution in [3.8, 4) is 5.95 Å². The Morgan fingerprint density at radius 3 is 3.31 bits per heavy atom. The number of hydrogen-bond donors (Lipinski definition) is 1. The molecule has 0 aliphatic carbocycles. The number of aromatic nitrogens is 4. The number of anilines is 1. The van der Waals surface area contributed by atoms with Gasteiger partial charge in [0, 0.05) is 16.5 Å². The van der Waals surface area contributed by atoms with Gasteiger partial charge in [0.1, 0.15) is 5.82 Å². The molecule has 2 aromatic rings. The van der Waals surface area contributed by atoms with E-state index in [1.165, 1.54) is 12.3 Å². The van der Waals surface area contributed by atoms with Crippen LogP contribution >= 0.6 is 0 Å². The molecule has 0 aliphatic rings. The van der Waals surface area contributed by atoms with Gasteiger partial charge in [-0.3, -0.25) is 0 Å². The van der Waals surface area contributed by atoms with Gasteiger partial charge in [-0.2, -0.15) is 10.1 Å². The van der Waals surface area contributed by atoms with E-state index >= 15 is 0 Å². The lowest BCUT2D eigenvalue weighted by Crippen LogP contribution is -2.03. The predicted octanol–water partition coefficient (Wildman–Crippen LogP) is 0.553. The van der Waals surface area contributed by atoms with E-state index in [4.69, 9.17) is 12.6 Å². The Balaban J connectivity index is 2.61. The van der Waals surface area contributed by atoms with Crippen molar-refractivity contribution in [1.82, 2.24) is 19.7 Å². The molecule has 0 saturated carbocycles. The first-order valence-corrected chi connectivity index (χ1v) is 3.46. The molecule has 0 aromatic carbocycles. The van der Waals surface area contributed by atoms with E-state index in [2.05, 4.69) is 15.1 Å². The Hall–Kier alpha value is -1.91. The van der Waals surface area contributed by atoms with Crippen LogP contribution in [0.15, 0.2) is 24.6 Å². The minimum Gasteiger partial charge on any atom is -0.384 e. The smallest absolute Gasteiger partial charge is 0.252 e. The van der Waals surface area contributed by atoms with Gasteiger partial charge >= 0.3 is 0 Å². The highest BCUT2D eigenvalue weighted by Crippen LogP contribution is 2.03. The third-order valence-corrected chi connectivity index (χ3v) is 1.33. The number of rotatable bonds is 1. The maximum atomic E-state index is 7.73. The van der Waals surface area contributed by atoms with E-state index in [9.17, 15) is 0 Å².